The summed E-state index contributed by atoms with van der Waals surface area (Å²) in [6.07, 6.45) is 1.68. The molecule has 0 radical (unpaired) electrons. The van der Waals surface area contributed by atoms with Crippen molar-refractivity contribution in [1.29, 1.82) is 0 Å². The van der Waals surface area contributed by atoms with Crippen LogP contribution in [0.2, 0.25) is 0 Å². The van der Waals surface area contributed by atoms with Gasteiger partial charge in [-0.2, -0.15) is 0 Å². The fraction of sp³-hybridized carbons (Fsp3) is 0.233. The van der Waals surface area contributed by atoms with Crippen LogP contribution >= 0.6 is 0 Å². The Bertz CT molecular complexity index is 1470. The van der Waals surface area contributed by atoms with E-state index < -0.39 is 0 Å². The lowest BCUT2D eigenvalue weighted by atomic mass is 10.0. The first-order valence-electron chi connectivity index (χ1n) is 12.6. The molecule has 0 saturated heterocycles. The van der Waals surface area contributed by atoms with Gasteiger partial charge in [-0.25, -0.2) is 4.68 Å². The summed E-state index contributed by atoms with van der Waals surface area (Å²) in [5.74, 6) is 3.59. The third kappa shape index (κ3) is 6.10. The Morgan fingerprint density at radius 1 is 0.795 bits per heavy atom. The minimum Gasteiger partial charge on any atom is -0.497 e. The Hall–Kier alpha value is -4.63. The van der Waals surface area contributed by atoms with Crippen molar-refractivity contribution in [3.05, 3.63) is 119 Å². The summed E-state index contributed by atoms with van der Waals surface area (Å²) in [4.78, 5) is 2.28. The number of hydrogen-bond donors (Lipinski definition) is 0. The summed E-state index contributed by atoms with van der Waals surface area (Å²) in [7, 11) is 4.93. The molecule has 0 amide bonds. The van der Waals surface area contributed by atoms with E-state index in [2.05, 4.69) is 38.6 Å². The van der Waals surface area contributed by atoms with Crippen LogP contribution in [0.1, 0.15) is 34.3 Å². The van der Waals surface area contributed by atoms with Gasteiger partial charge < -0.3 is 18.6 Å². The molecule has 200 valence electrons. The molecule has 0 spiro atoms. The molecule has 0 aliphatic carbocycles. The van der Waals surface area contributed by atoms with Gasteiger partial charge in [-0.05, 0) is 63.5 Å². The lowest BCUT2D eigenvalue weighted by Gasteiger charge is -2.31. The smallest absolute Gasteiger partial charge is 0.173 e. The van der Waals surface area contributed by atoms with Crippen molar-refractivity contribution in [3.8, 4) is 17.2 Å². The van der Waals surface area contributed by atoms with Gasteiger partial charge in [0.15, 0.2) is 17.3 Å². The highest BCUT2D eigenvalue weighted by Gasteiger charge is 2.30. The fourth-order valence-corrected chi connectivity index (χ4v) is 4.67. The zero-order valence-electron chi connectivity index (χ0n) is 22.2. The topological polar surface area (TPSA) is 87.7 Å². The molecule has 1 unspecified atom stereocenters. The van der Waals surface area contributed by atoms with Crippen LogP contribution in [-0.4, -0.2) is 46.4 Å². The molecule has 2 heterocycles. The van der Waals surface area contributed by atoms with Gasteiger partial charge in [-0.15, -0.1) is 5.10 Å². The van der Waals surface area contributed by atoms with Crippen LogP contribution < -0.4 is 14.2 Å². The van der Waals surface area contributed by atoms with Crippen molar-refractivity contribution in [3.63, 3.8) is 0 Å². The van der Waals surface area contributed by atoms with Gasteiger partial charge in [-0.1, -0.05) is 48.5 Å². The summed E-state index contributed by atoms with van der Waals surface area (Å²) in [6.45, 7) is 1.62. The predicted molar refractivity (Wildman–Crippen MR) is 146 cm³/mol. The van der Waals surface area contributed by atoms with Gasteiger partial charge >= 0.3 is 0 Å². The number of aromatic nitrogens is 4. The quantitative estimate of drug-likeness (QED) is 0.222. The maximum atomic E-state index is 5.79. The van der Waals surface area contributed by atoms with E-state index in [1.807, 2.05) is 71.4 Å². The third-order valence-corrected chi connectivity index (χ3v) is 6.53. The molecule has 39 heavy (non-hydrogen) atoms. The summed E-state index contributed by atoms with van der Waals surface area (Å²) >= 11 is 0. The largest absolute Gasteiger partial charge is 0.497 e. The van der Waals surface area contributed by atoms with E-state index in [4.69, 9.17) is 18.6 Å². The molecule has 0 bridgehead atoms. The van der Waals surface area contributed by atoms with Gasteiger partial charge in [0, 0.05) is 6.54 Å². The summed E-state index contributed by atoms with van der Waals surface area (Å²) in [5.41, 5.74) is 3.13. The maximum Gasteiger partial charge on any atom is 0.173 e. The number of tetrazole rings is 1. The van der Waals surface area contributed by atoms with Crippen LogP contribution in [0.15, 0.2) is 95.6 Å². The van der Waals surface area contributed by atoms with Crippen LogP contribution in [0.4, 0.5) is 0 Å². The number of rotatable bonds is 12. The molecule has 5 rings (SSSR count). The summed E-state index contributed by atoms with van der Waals surface area (Å²) < 4.78 is 24.3. The Labute approximate surface area is 227 Å². The number of hydrogen-bond acceptors (Lipinski definition) is 8. The molecule has 0 fully saturated rings. The number of methoxy groups -OCH3 is 3. The van der Waals surface area contributed by atoms with E-state index >= 15 is 0 Å². The summed E-state index contributed by atoms with van der Waals surface area (Å²) in [5, 5.41) is 13.0. The van der Waals surface area contributed by atoms with Crippen molar-refractivity contribution in [2.75, 3.05) is 21.3 Å². The fourth-order valence-electron chi connectivity index (χ4n) is 4.67. The van der Waals surface area contributed by atoms with E-state index in [1.54, 1.807) is 27.6 Å². The average Bonchev–Trinajstić information content (AvgIpc) is 3.66. The standard InChI is InChI=1S/C30H31N5O4/c1-36-25-12-7-11-23(17-25)19-34(21-26-13-8-16-39-26)29(24-14-15-27(37-2)28(18-24)38-3)30-31-32-33-35(30)20-22-9-5-4-6-10-22/h4-18,29H,19-21H2,1-3H3. The first-order chi connectivity index (χ1) is 19.2. The molecular formula is C30H31N5O4. The van der Waals surface area contributed by atoms with Crippen molar-refractivity contribution in [2.24, 2.45) is 0 Å². The SMILES string of the molecule is COc1cccc(CN(Cc2ccco2)C(c2ccc(OC)c(OC)c2)c2nnnn2Cc2ccccc2)c1. The van der Waals surface area contributed by atoms with Crippen molar-refractivity contribution >= 4 is 0 Å². The third-order valence-electron chi connectivity index (χ3n) is 6.53. The second-order valence-electron chi connectivity index (χ2n) is 9.03. The first kappa shape index (κ1) is 26.0. The highest BCUT2D eigenvalue weighted by Crippen LogP contribution is 2.36. The van der Waals surface area contributed by atoms with E-state index in [0.29, 0.717) is 37.0 Å². The molecule has 0 N–H and O–H groups in total. The van der Waals surface area contributed by atoms with Crippen molar-refractivity contribution < 1.29 is 18.6 Å². The Balaban J connectivity index is 1.63. The zero-order chi connectivity index (χ0) is 27.0. The molecule has 5 aromatic rings. The molecule has 0 aliphatic heterocycles. The maximum absolute atomic E-state index is 5.79. The van der Waals surface area contributed by atoms with Crippen LogP contribution in [0.25, 0.3) is 0 Å². The lowest BCUT2D eigenvalue weighted by molar-refractivity contribution is 0.179. The molecule has 2 aromatic heterocycles. The Morgan fingerprint density at radius 3 is 2.36 bits per heavy atom. The predicted octanol–water partition coefficient (Wildman–Crippen LogP) is 5.13. The van der Waals surface area contributed by atoms with Crippen molar-refractivity contribution in [2.45, 2.75) is 25.7 Å². The van der Waals surface area contributed by atoms with E-state index in [-0.39, 0.29) is 6.04 Å². The minimum absolute atomic E-state index is 0.347. The minimum atomic E-state index is -0.347. The Kier molecular flexibility index (Phi) is 8.18. The molecule has 3 aromatic carbocycles. The van der Waals surface area contributed by atoms with Gasteiger partial charge in [0.1, 0.15) is 11.5 Å². The second kappa shape index (κ2) is 12.3. The highest BCUT2D eigenvalue weighted by atomic mass is 16.5. The Morgan fingerprint density at radius 2 is 1.62 bits per heavy atom. The second-order valence-corrected chi connectivity index (χ2v) is 9.03. The van der Waals surface area contributed by atoms with Gasteiger partial charge in [0.25, 0.3) is 0 Å². The number of furan rings is 1. The van der Waals surface area contributed by atoms with E-state index in [0.717, 1.165) is 28.2 Å². The van der Waals surface area contributed by atoms with Crippen LogP contribution in [0.5, 0.6) is 17.2 Å². The van der Waals surface area contributed by atoms with Gasteiger partial charge in [0.2, 0.25) is 0 Å². The van der Waals surface area contributed by atoms with Gasteiger partial charge in [-0.3, -0.25) is 4.90 Å². The van der Waals surface area contributed by atoms with Crippen LogP contribution in [0, 0.1) is 0 Å². The molecule has 1 atom stereocenters. The number of ether oxygens (including phenoxy) is 3. The van der Waals surface area contributed by atoms with E-state index in [1.165, 1.54) is 0 Å². The first-order valence-corrected chi connectivity index (χ1v) is 12.6. The zero-order valence-corrected chi connectivity index (χ0v) is 22.2. The highest BCUT2D eigenvalue weighted by molar-refractivity contribution is 5.45. The number of nitrogens with zero attached hydrogens (tertiary/aromatic N) is 5. The number of benzene rings is 3. The normalized spacial score (nSPS) is 11.9. The van der Waals surface area contributed by atoms with Gasteiger partial charge in [0.05, 0.1) is 46.7 Å². The molecule has 0 aliphatic rings. The van der Waals surface area contributed by atoms with Crippen molar-refractivity contribution in [1.82, 2.24) is 25.1 Å². The molecule has 9 nitrogen and oxygen atoms in total. The summed E-state index contributed by atoms with van der Waals surface area (Å²) in [6, 6.07) is 27.6. The monoisotopic (exact) mass is 525 g/mol. The van der Waals surface area contributed by atoms with E-state index in [9.17, 15) is 0 Å². The average molecular weight is 526 g/mol. The van der Waals surface area contributed by atoms with Crippen LogP contribution in [-0.2, 0) is 19.6 Å². The lowest BCUT2D eigenvalue weighted by Crippen LogP contribution is -2.31. The molecule has 0 saturated carbocycles. The van der Waals surface area contributed by atoms with Crippen LogP contribution in [0.3, 0.4) is 0 Å². The molecule has 9 heteroatoms. The molecular weight excluding hydrogens is 494 g/mol.